The fourth-order valence-corrected chi connectivity index (χ4v) is 2.84. The number of fused-ring (bicyclic) bond motifs is 1. The molecule has 124 valence electrons. The summed E-state index contributed by atoms with van der Waals surface area (Å²) in [6, 6.07) is 15.8. The topological polar surface area (TPSA) is 47.3 Å². The van der Waals surface area contributed by atoms with Crippen molar-refractivity contribution in [3.8, 4) is 5.75 Å². The van der Waals surface area contributed by atoms with E-state index in [9.17, 15) is 5.11 Å². The Balaban J connectivity index is 1.69. The predicted molar refractivity (Wildman–Crippen MR) is 96.3 cm³/mol. The highest BCUT2D eigenvalue weighted by Crippen LogP contribution is 2.20. The zero-order chi connectivity index (χ0) is 16.9. The van der Waals surface area contributed by atoms with Crippen molar-refractivity contribution in [2.45, 2.75) is 26.0 Å². The zero-order valence-electron chi connectivity index (χ0n) is 13.9. The summed E-state index contributed by atoms with van der Waals surface area (Å²) in [6.45, 7) is 6.41. The number of allylic oxidation sites excluding steroid dienone is 1. The summed E-state index contributed by atoms with van der Waals surface area (Å²) in [7, 11) is 0. The van der Waals surface area contributed by atoms with E-state index in [0.29, 0.717) is 6.54 Å². The van der Waals surface area contributed by atoms with Gasteiger partial charge in [-0.15, -0.1) is 6.58 Å². The second kappa shape index (κ2) is 7.32. The van der Waals surface area contributed by atoms with Gasteiger partial charge in [-0.3, -0.25) is 0 Å². The van der Waals surface area contributed by atoms with Crippen LogP contribution in [0.5, 0.6) is 5.75 Å². The number of benzene rings is 2. The molecular formula is C20H22N2O2. The first-order valence-corrected chi connectivity index (χ1v) is 8.10. The molecule has 1 heterocycles. The van der Waals surface area contributed by atoms with E-state index in [-0.39, 0.29) is 6.61 Å². The van der Waals surface area contributed by atoms with E-state index in [0.717, 1.165) is 34.6 Å². The molecule has 0 spiro atoms. The number of rotatable bonds is 7. The molecule has 0 saturated carbocycles. The molecule has 0 bridgehead atoms. The van der Waals surface area contributed by atoms with Crippen LogP contribution in [0.15, 0.2) is 61.2 Å². The second-order valence-corrected chi connectivity index (χ2v) is 5.82. The van der Waals surface area contributed by atoms with Gasteiger partial charge in [0.05, 0.1) is 17.6 Å². The first-order valence-electron chi connectivity index (χ1n) is 8.10. The third kappa shape index (κ3) is 3.49. The molecule has 0 unspecified atom stereocenters. The molecule has 0 saturated heterocycles. The number of aliphatic hydroxyl groups excluding tert-OH is 1. The number of aryl methyl sites for hydroxylation is 1. The van der Waals surface area contributed by atoms with Gasteiger partial charge in [0.15, 0.2) is 0 Å². The lowest BCUT2D eigenvalue weighted by Crippen LogP contribution is -2.24. The molecule has 2 aromatic carbocycles. The van der Waals surface area contributed by atoms with Gasteiger partial charge in [0.25, 0.3) is 0 Å². The third-order valence-electron chi connectivity index (χ3n) is 4.01. The van der Waals surface area contributed by atoms with Crippen molar-refractivity contribution >= 4 is 11.0 Å². The number of aliphatic hydroxyl groups is 1. The van der Waals surface area contributed by atoms with E-state index in [1.165, 1.54) is 0 Å². The largest absolute Gasteiger partial charge is 0.491 e. The summed E-state index contributed by atoms with van der Waals surface area (Å²) in [5.74, 6) is 1.69. The summed E-state index contributed by atoms with van der Waals surface area (Å²) < 4.78 is 7.85. The van der Waals surface area contributed by atoms with Crippen LogP contribution in [-0.2, 0) is 13.0 Å². The van der Waals surface area contributed by atoms with Gasteiger partial charge in [-0.05, 0) is 37.1 Å². The van der Waals surface area contributed by atoms with Crippen LogP contribution in [0.1, 0.15) is 11.4 Å². The zero-order valence-corrected chi connectivity index (χ0v) is 13.9. The molecule has 1 atom stereocenters. The van der Waals surface area contributed by atoms with Gasteiger partial charge in [-0.2, -0.15) is 0 Å². The van der Waals surface area contributed by atoms with Crippen LogP contribution in [0.4, 0.5) is 0 Å². The average Bonchev–Trinajstić information content (AvgIpc) is 2.90. The van der Waals surface area contributed by atoms with Crippen molar-refractivity contribution in [3.05, 3.63) is 72.6 Å². The summed E-state index contributed by atoms with van der Waals surface area (Å²) in [5.41, 5.74) is 3.05. The van der Waals surface area contributed by atoms with Crippen molar-refractivity contribution < 1.29 is 9.84 Å². The second-order valence-electron chi connectivity index (χ2n) is 5.82. The molecule has 4 heteroatoms. The highest BCUT2D eigenvalue weighted by molar-refractivity contribution is 5.75. The fraction of sp³-hybridized carbons (Fsp3) is 0.250. The molecule has 3 rings (SSSR count). The van der Waals surface area contributed by atoms with Crippen LogP contribution < -0.4 is 4.74 Å². The van der Waals surface area contributed by atoms with E-state index in [2.05, 4.69) is 11.6 Å². The lowest BCUT2D eigenvalue weighted by Gasteiger charge is -2.16. The normalized spacial score (nSPS) is 12.2. The SMILES string of the molecule is C=CCc1ccccc1OC[C@H](O)Cn1c(C)nc2ccccc21. The van der Waals surface area contributed by atoms with Gasteiger partial charge < -0.3 is 14.4 Å². The maximum Gasteiger partial charge on any atom is 0.122 e. The number of hydrogen-bond acceptors (Lipinski definition) is 3. The Morgan fingerprint density at radius 1 is 1.21 bits per heavy atom. The molecule has 3 aromatic rings. The van der Waals surface area contributed by atoms with Crippen LogP contribution in [0, 0.1) is 6.92 Å². The van der Waals surface area contributed by atoms with Gasteiger partial charge in [0.1, 0.15) is 24.3 Å². The number of para-hydroxylation sites is 3. The van der Waals surface area contributed by atoms with Gasteiger partial charge in [-0.25, -0.2) is 4.98 Å². The molecule has 0 radical (unpaired) electrons. The maximum absolute atomic E-state index is 10.4. The summed E-state index contributed by atoms with van der Waals surface area (Å²) in [5, 5.41) is 10.4. The summed E-state index contributed by atoms with van der Waals surface area (Å²) in [6.07, 6.45) is 1.98. The molecule has 0 amide bonds. The van der Waals surface area contributed by atoms with Gasteiger partial charge >= 0.3 is 0 Å². The smallest absolute Gasteiger partial charge is 0.122 e. The quantitative estimate of drug-likeness (QED) is 0.677. The Bertz CT molecular complexity index is 839. The van der Waals surface area contributed by atoms with Crippen LogP contribution in [-0.4, -0.2) is 27.4 Å². The van der Waals surface area contributed by atoms with Gasteiger partial charge in [-0.1, -0.05) is 36.4 Å². The monoisotopic (exact) mass is 322 g/mol. The molecular weight excluding hydrogens is 300 g/mol. The van der Waals surface area contributed by atoms with Gasteiger partial charge in [0, 0.05) is 0 Å². The van der Waals surface area contributed by atoms with Crippen molar-refractivity contribution in [1.82, 2.24) is 9.55 Å². The number of ether oxygens (including phenoxy) is 1. The van der Waals surface area contributed by atoms with Crippen LogP contribution in [0.25, 0.3) is 11.0 Å². The first kappa shape index (κ1) is 16.3. The molecule has 24 heavy (non-hydrogen) atoms. The van der Waals surface area contributed by atoms with Crippen molar-refractivity contribution in [2.75, 3.05) is 6.61 Å². The number of aromatic nitrogens is 2. The van der Waals surface area contributed by atoms with Crippen molar-refractivity contribution in [3.63, 3.8) is 0 Å². The van der Waals surface area contributed by atoms with Crippen LogP contribution in [0.2, 0.25) is 0 Å². The minimum atomic E-state index is -0.613. The average molecular weight is 322 g/mol. The Labute approximate surface area is 142 Å². The van der Waals surface area contributed by atoms with E-state index in [1.54, 1.807) is 0 Å². The van der Waals surface area contributed by atoms with E-state index < -0.39 is 6.10 Å². The van der Waals surface area contributed by atoms with E-state index >= 15 is 0 Å². The highest BCUT2D eigenvalue weighted by atomic mass is 16.5. The fourth-order valence-electron chi connectivity index (χ4n) is 2.84. The Hall–Kier alpha value is -2.59. The van der Waals surface area contributed by atoms with Gasteiger partial charge in [0.2, 0.25) is 0 Å². The van der Waals surface area contributed by atoms with Crippen molar-refractivity contribution in [1.29, 1.82) is 0 Å². The molecule has 0 aliphatic rings. The number of imidazole rings is 1. The lowest BCUT2D eigenvalue weighted by atomic mass is 10.1. The van der Waals surface area contributed by atoms with Crippen LogP contribution >= 0.6 is 0 Å². The van der Waals surface area contributed by atoms with Crippen LogP contribution in [0.3, 0.4) is 0 Å². The standard InChI is InChI=1S/C20H22N2O2/c1-3-8-16-9-4-7-12-20(16)24-14-17(23)13-22-15(2)21-18-10-5-6-11-19(18)22/h3-7,9-12,17,23H,1,8,13-14H2,2H3/t17-/m1/s1. The Kier molecular flexibility index (Phi) is 4.96. The van der Waals surface area contributed by atoms with E-state index in [1.807, 2.05) is 66.1 Å². The van der Waals surface area contributed by atoms with E-state index in [4.69, 9.17) is 4.74 Å². The summed E-state index contributed by atoms with van der Waals surface area (Å²) in [4.78, 5) is 4.52. The number of hydrogen-bond donors (Lipinski definition) is 1. The number of nitrogens with zero attached hydrogens (tertiary/aromatic N) is 2. The lowest BCUT2D eigenvalue weighted by molar-refractivity contribution is 0.0925. The minimum absolute atomic E-state index is 0.236. The molecule has 0 fully saturated rings. The Morgan fingerprint density at radius 2 is 1.96 bits per heavy atom. The molecule has 1 N–H and O–H groups in total. The molecule has 4 nitrogen and oxygen atoms in total. The Morgan fingerprint density at radius 3 is 2.79 bits per heavy atom. The third-order valence-corrected chi connectivity index (χ3v) is 4.01. The van der Waals surface area contributed by atoms with Crippen molar-refractivity contribution in [2.24, 2.45) is 0 Å². The summed E-state index contributed by atoms with van der Waals surface area (Å²) >= 11 is 0. The molecule has 0 aliphatic carbocycles. The first-order chi connectivity index (χ1) is 11.7. The molecule has 0 aliphatic heterocycles. The minimum Gasteiger partial charge on any atom is -0.491 e. The molecule has 1 aromatic heterocycles. The maximum atomic E-state index is 10.4. The highest BCUT2D eigenvalue weighted by Gasteiger charge is 2.13. The predicted octanol–water partition coefficient (Wildman–Crippen LogP) is 3.51.